The second kappa shape index (κ2) is 5.54. The molecule has 4 nitrogen and oxygen atoms in total. The summed E-state index contributed by atoms with van der Waals surface area (Å²) in [5, 5.41) is 4.63. The van der Waals surface area contributed by atoms with Gasteiger partial charge in [-0.15, -0.1) is 11.3 Å². The van der Waals surface area contributed by atoms with Crippen molar-refractivity contribution < 1.29 is 0 Å². The molecule has 24 heavy (non-hydrogen) atoms. The highest BCUT2D eigenvalue weighted by atomic mass is 32.1. The topological polar surface area (TPSA) is 81.1 Å². The summed E-state index contributed by atoms with van der Waals surface area (Å²) < 4.78 is 1.74. The van der Waals surface area contributed by atoms with E-state index in [2.05, 4.69) is 5.32 Å². The zero-order valence-corrected chi connectivity index (χ0v) is 13.6. The predicted molar refractivity (Wildman–Crippen MR) is 104 cm³/mol. The Kier molecular flexibility index (Phi) is 3.36. The lowest BCUT2D eigenvalue weighted by Crippen LogP contribution is -2.05. The van der Waals surface area contributed by atoms with E-state index >= 15 is 0 Å². The molecule has 0 aliphatic carbocycles. The smallest absolute Gasteiger partial charge is 0.198 e. The van der Waals surface area contributed by atoms with Gasteiger partial charge in [0.05, 0.1) is 15.8 Å². The third-order valence-corrected chi connectivity index (χ3v) is 5.17. The van der Waals surface area contributed by atoms with Crippen molar-refractivity contribution in [2.75, 3.05) is 16.8 Å². The van der Waals surface area contributed by atoms with Crippen LogP contribution >= 0.6 is 11.3 Å². The van der Waals surface area contributed by atoms with Crippen LogP contribution in [-0.4, -0.2) is 0 Å². The number of anilines is 4. The SMILES string of the molecule is Nc1ccc(Nc2ccc(N)c3sc4ccccc4c(=O)c23)cc1. The molecular formula is C19H15N3OS. The molecule has 0 spiro atoms. The van der Waals surface area contributed by atoms with Crippen molar-refractivity contribution in [2.24, 2.45) is 0 Å². The van der Waals surface area contributed by atoms with Gasteiger partial charge in [-0.05, 0) is 48.5 Å². The highest BCUT2D eigenvalue weighted by Gasteiger charge is 2.12. The van der Waals surface area contributed by atoms with Crippen LogP contribution in [0.5, 0.6) is 0 Å². The third kappa shape index (κ3) is 2.35. The van der Waals surface area contributed by atoms with E-state index in [-0.39, 0.29) is 5.43 Å². The average molecular weight is 333 g/mol. The van der Waals surface area contributed by atoms with Crippen molar-refractivity contribution in [2.45, 2.75) is 0 Å². The Balaban J connectivity index is 1.99. The minimum atomic E-state index is -0.00963. The van der Waals surface area contributed by atoms with Crippen molar-refractivity contribution in [1.29, 1.82) is 0 Å². The van der Waals surface area contributed by atoms with Crippen LogP contribution in [0.25, 0.3) is 20.2 Å². The maximum Gasteiger partial charge on any atom is 0.198 e. The second-order valence-corrected chi connectivity index (χ2v) is 6.63. The van der Waals surface area contributed by atoms with E-state index in [1.165, 1.54) is 11.3 Å². The molecule has 0 radical (unpaired) electrons. The van der Waals surface area contributed by atoms with Crippen molar-refractivity contribution in [3.05, 3.63) is 70.9 Å². The number of fused-ring (bicyclic) bond motifs is 2. The fourth-order valence-electron chi connectivity index (χ4n) is 2.75. The molecule has 1 heterocycles. The Hall–Kier alpha value is -3.05. The molecule has 5 heteroatoms. The lowest BCUT2D eigenvalue weighted by Gasteiger charge is -2.12. The second-order valence-electron chi connectivity index (χ2n) is 5.58. The largest absolute Gasteiger partial charge is 0.399 e. The summed E-state index contributed by atoms with van der Waals surface area (Å²) in [6, 6.07) is 18.7. The van der Waals surface area contributed by atoms with E-state index in [9.17, 15) is 4.79 Å². The fourth-order valence-corrected chi connectivity index (χ4v) is 3.88. The summed E-state index contributed by atoms with van der Waals surface area (Å²) in [7, 11) is 0. The summed E-state index contributed by atoms with van der Waals surface area (Å²) in [5.74, 6) is 0. The number of nitrogens with one attached hydrogen (secondary N) is 1. The monoisotopic (exact) mass is 333 g/mol. The van der Waals surface area contributed by atoms with Gasteiger partial charge < -0.3 is 16.8 Å². The van der Waals surface area contributed by atoms with Crippen LogP contribution < -0.4 is 22.2 Å². The molecule has 118 valence electrons. The molecule has 1 aromatic heterocycles. The molecule has 0 saturated carbocycles. The molecule has 4 rings (SSSR count). The first kappa shape index (κ1) is 14.5. The molecule has 0 bridgehead atoms. The molecule has 0 amide bonds. The first-order valence-corrected chi connectivity index (χ1v) is 8.32. The molecule has 0 aliphatic rings. The zero-order valence-electron chi connectivity index (χ0n) is 12.7. The van der Waals surface area contributed by atoms with Gasteiger partial charge >= 0.3 is 0 Å². The number of benzene rings is 3. The number of hydrogen-bond acceptors (Lipinski definition) is 5. The third-order valence-electron chi connectivity index (χ3n) is 3.95. The van der Waals surface area contributed by atoms with E-state index in [0.29, 0.717) is 22.1 Å². The standard InChI is InChI=1S/C19H15N3OS/c20-11-5-7-12(8-6-11)22-15-10-9-14(21)19-17(15)18(23)13-3-1-2-4-16(13)24-19/h1-10,22H,20-21H2. The highest BCUT2D eigenvalue weighted by molar-refractivity contribution is 7.25. The molecule has 0 saturated heterocycles. The molecular weight excluding hydrogens is 318 g/mol. The van der Waals surface area contributed by atoms with E-state index in [4.69, 9.17) is 11.5 Å². The quantitative estimate of drug-likeness (QED) is 0.377. The molecule has 5 N–H and O–H groups in total. The maximum absolute atomic E-state index is 13.0. The van der Waals surface area contributed by atoms with Gasteiger partial charge in [0, 0.05) is 27.1 Å². The fraction of sp³-hybridized carbons (Fsp3) is 0. The van der Waals surface area contributed by atoms with Crippen LogP contribution in [0.15, 0.2) is 65.5 Å². The molecule has 0 aliphatic heterocycles. The number of nitrogen functional groups attached to an aromatic ring is 2. The van der Waals surface area contributed by atoms with Gasteiger partial charge in [0.15, 0.2) is 5.43 Å². The summed E-state index contributed by atoms with van der Waals surface area (Å²) in [4.78, 5) is 13.0. The van der Waals surface area contributed by atoms with Gasteiger partial charge in [-0.25, -0.2) is 0 Å². The van der Waals surface area contributed by atoms with Gasteiger partial charge in [-0.3, -0.25) is 4.79 Å². The van der Waals surface area contributed by atoms with E-state index < -0.39 is 0 Å². The maximum atomic E-state index is 13.0. The van der Waals surface area contributed by atoms with Crippen LogP contribution in [0, 0.1) is 0 Å². The number of hydrogen-bond donors (Lipinski definition) is 3. The van der Waals surface area contributed by atoms with Crippen LogP contribution in [0.4, 0.5) is 22.7 Å². The summed E-state index contributed by atoms with van der Waals surface area (Å²) in [6.45, 7) is 0. The van der Waals surface area contributed by atoms with Crippen LogP contribution in [-0.2, 0) is 0 Å². The van der Waals surface area contributed by atoms with Crippen LogP contribution in [0.3, 0.4) is 0 Å². The van der Waals surface area contributed by atoms with Crippen molar-refractivity contribution in [3.8, 4) is 0 Å². The summed E-state index contributed by atoms with van der Waals surface area (Å²) in [5.41, 5.74) is 14.8. The Bertz CT molecular complexity index is 1120. The van der Waals surface area contributed by atoms with Crippen molar-refractivity contribution >= 4 is 54.3 Å². The Labute approximate surface area is 142 Å². The molecule has 0 atom stereocenters. The predicted octanol–water partition coefficient (Wildman–Crippen LogP) is 4.32. The van der Waals surface area contributed by atoms with Crippen molar-refractivity contribution in [1.82, 2.24) is 0 Å². The lowest BCUT2D eigenvalue weighted by atomic mass is 10.1. The minimum absolute atomic E-state index is 0.00963. The average Bonchev–Trinajstić information content (AvgIpc) is 2.60. The summed E-state index contributed by atoms with van der Waals surface area (Å²) >= 11 is 1.53. The highest BCUT2D eigenvalue weighted by Crippen LogP contribution is 2.34. The first-order chi connectivity index (χ1) is 11.6. The molecule has 4 aromatic rings. The summed E-state index contributed by atoms with van der Waals surface area (Å²) in [6.07, 6.45) is 0. The zero-order chi connectivity index (χ0) is 16.7. The molecule has 3 aromatic carbocycles. The minimum Gasteiger partial charge on any atom is -0.399 e. The van der Waals surface area contributed by atoms with Crippen LogP contribution in [0.2, 0.25) is 0 Å². The van der Waals surface area contributed by atoms with Gasteiger partial charge in [-0.2, -0.15) is 0 Å². The number of nitrogens with two attached hydrogens (primary N) is 2. The van der Waals surface area contributed by atoms with Crippen molar-refractivity contribution in [3.63, 3.8) is 0 Å². The lowest BCUT2D eigenvalue weighted by molar-refractivity contribution is 1.57. The van der Waals surface area contributed by atoms with Crippen LogP contribution in [0.1, 0.15) is 0 Å². The Morgan fingerprint density at radius 3 is 2.42 bits per heavy atom. The normalized spacial score (nSPS) is 11.0. The molecule has 0 unspecified atom stereocenters. The number of rotatable bonds is 2. The van der Waals surface area contributed by atoms with E-state index in [1.807, 2.05) is 60.7 Å². The van der Waals surface area contributed by atoms with Gasteiger partial charge in [0.25, 0.3) is 0 Å². The Morgan fingerprint density at radius 1 is 0.875 bits per heavy atom. The van der Waals surface area contributed by atoms with E-state index in [1.54, 1.807) is 0 Å². The van der Waals surface area contributed by atoms with Gasteiger partial charge in [0.1, 0.15) is 0 Å². The molecule has 0 fully saturated rings. The first-order valence-electron chi connectivity index (χ1n) is 7.50. The van der Waals surface area contributed by atoms with Gasteiger partial charge in [-0.1, -0.05) is 12.1 Å². The van der Waals surface area contributed by atoms with E-state index in [0.717, 1.165) is 20.8 Å². The Morgan fingerprint density at radius 2 is 1.62 bits per heavy atom. The van der Waals surface area contributed by atoms with Gasteiger partial charge in [0.2, 0.25) is 0 Å².